The van der Waals surface area contributed by atoms with Gasteiger partial charge in [-0.2, -0.15) is 0 Å². The molecule has 9 nitrogen and oxygen atoms in total. The van der Waals surface area contributed by atoms with E-state index in [9.17, 15) is 18.0 Å². The van der Waals surface area contributed by atoms with E-state index >= 15 is 0 Å². The number of rotatable bonds is 8. The Hall–Kier alpha value is -2.41. The Labute approximate surface area is 215 Å². The molecule has 2 fully saturated rings. The molecule has 4 atom stereocenters. The van der Waals surface area contributed by atoms with Crippen LogP contribution in [0.5, 0.6) is 0 Å². The Morgan fingerprint density at radius 2 is 2.19 bits per heavy atom. The highest BCUT2D eigenvalue weighted by Crippen LogP contribution is 2.37. The predicted octanol–water partition coefficient (Wildman–Crippen LogP) is 1.46. The standard InChI is InChI=1S/C25H30N2O7S2/c1-25(36(2,31)32,24(30)26-34-21-9-5-6-12-33-21)10-11-27-15-18-14-20(35-22(18)23(27)29)8-4-3-7-17-13-19(17)16-28/h14,17,19,21,28H,5-6,9-13,15-16H2,1-2H3,(H,26,30)/t17-,19+,21?,25?/m0/s1. The van der Waals surface area contributed by atoms with E-state index in [1.54, 1.807) is 4.90 Å². The van der Waals surface area contributed by atoms with Crippen molar-refractivity contribution in [1.29, 1.82) is 0 Å². The van der Waals surface area contributed by atoms with Crippen molar-refractivity contribution in [3.8, 4) is 23.7 Å². The fraction of sp³-hybridized carbons (Fsp3) is 0.600. The smallest absolute Gasteiger partial charge is 0.264 e. The van der Waals surface area contributed by atoms with Crippen molar-refractivity contribution in [1.82, 2.24) is 10.4 Å². The fourth-order valence-corrected chi connectivity index (χ4v) is 5.92. The van der Waals surface area contributed by atoms with Gasteiger partial charge in [-0.25, -0.2) is 18.7 Å². The molecular weight excluding hydrogens is 504 g/mol. The number of amides is 2. The van der Waals surface area contributed by atoms with Crippen LogP contribution >= 0.6 is 11.3 Å². The van der Waals surface area contributed by atoms with E-state index in [1.807, 2.05) is 6.07 Å². The molecule has 3 aliphatic rings. The van der Waals surface area contributed by atoms with E-state index in [0.29, 0.717) is 24.4 Å². The van der Waals surface area contributed by atoms with Gasteiger partial charge in [-0.15, -0.1) is 11.3 Å². The summed E-state index contributed by atoms with van der Waals surface area (Å²) in [5, 5.41) is 9.05. The molecule has 194 valence electrons. The Morgan fingerprint density at radius 1 is 1.39 bits per heavy atom. The van der Waals surface area contributed by atoms with Crippen LogP contribution in [0.2, 0.25) is 0 Å². The molecule has 2 amide bonds. The van der Waals surface area contributed by atoms with E-state index in [-0.39, 0.29) is 37.3 Å². The topological polar surface area (TPSA) is 122 Å². The molecule has 4 rings (SSSR count). The normalized spacial score (nSPS) is 24.6. The molecular formula is C25H30N2O7S2. The molecule has 0 aromatic carbocycles. The van der Waals surface area contributed by atoms with Crippen LogP contribution in [0.25, 0.3) is 0 Å². The predicted molar refractivity (Wildman–Crippen MR) is 133 cm³/mol. The highest BCUT2D eigenvalue weighted by molar-refractivity contribution is 7.92. The third-order valence-electron chi connectivity index (χ3n) is 6.89. The Bertz CT molecular complexity index is 1240. The van der Waals surface area contributed by atoms with Gasteiger partial charge in [0.1, 0.15) is 0 Å². The van der Waals surface area contributed by atoms with E-state index in [4.69, 9.17) is 14.7 Å². The first-order chi connectivity index (χ1) is 17.1. The second-order valence-corrected chi connectivity index (χ2v) is 13.1. The van der Waals surface area contributed by atoms with Crippen LogP contribution in [0.15, 0.2) is 6.07 Å². The van der Waals surface area contributed by atoms with Crippen molar-refractivity contribution in [2.45, 2.75) is 56.6 Å². The number of ether oxygens (including phenoxy) is 1. The molecule has 0 bridgehead atoms. The maximum Gasteiger partial charge on any atom is 0.264 e. The van der Waals surface area contributed by atoms with Gasteiger partial charge in [-0.3, -0.25) is 9.59 Å². The van der Waals surface area contributed by atoms with Crippen molar-refractivity contribution in [3.63, 3.8) is 0 Å². The number of carbonyl (C=O) groups excluding carboxylic acids is 2. The minimum atomic E-state index is -3.82. The minimum absolute atomic E-state index is 0.0779. The molecule has 1 aromatic heterocycles. The fourth-order valence-electron chi connectivity index (χ4n) is 4.09. The average Bonchev–Trinajstić information content (AvgIpc) is 3.41. The van der Waals surface area contributed by atoms with Crippen LogP contribution in [0, 0.1) is 35.5 Å². The molecule has 2 unspecified atom stereocenters. The monoisotopic (exact) mass is 534 g/mol. The summed E-state index contributed by atoms with van der Waals surface area (Å²) in [4.78, 5) is 33.9. The lowest BCUT2D eigenvalue weighted by atomic mass is 10.1. The van der Waals surface area contributed by atoms with Crippen LogP contribution in [-0.4, -0.2) is 67.3 Å². The number of fused-ring (bicyclic) bond motifs is 1. The van der Waals surface area contributed by atoms with Gasteiger partial charge in [0, 0.05) is 44.9 Å². The zero-order chi connectivity index (χ0) is 25.9. The van der Waals surface area contributed by atoms with Crippen LogP contribution in [-0.2, 0) is 30.8 Å². The SMILES string of the molecule is CC(CCN1Cc2cc(C#CC#C[C@H]3C[C@@H]3CO)sc2C1=O)(C(=O)NOC1CCCCO1)S(C)(=O)=O. The zero-order valence-corrected chi connectivity index (χ0v) is 22.0. The van der Waals surface area contributed by atoms with Gasteiger partial charge in [0.25, 0.3) is 11.8 Å². The largest absolute Gasteiger partial charge is 0.396 e. The Morgan fingerprint density at radius 3 is 2.83 bits per heavy atom. The highest BCUT2D eigenvalue weighted by Gasteiger charge is 2.45. The third-order valence-corrected chi connectivity index (χ3v) is 10.00. The molecule has 2 aliphatic heterocycles. The molecule has 36 heavy (non-hydrogen) atoms. The number of hydrogen-bond acceptors (Lipinski definition) is 8. The van der Waals surface area contributed by atoms with Crippen molar-refractivity contribution in [3.05, 3.63) is 21.4 Å². The van der Waals surface area contributed by atoms with E-state index < -0.39 is 26.8 Å². The number of aliphatic hydroxyl groups is 1. The van der Waals surface area contributed by atoms with Crippen LogP contribution in [0.4, 0.5) is 0 Å². The number of sulfone groups is 1. The van der Waals surface area contributed by atoms with Crippen molar-refractivity contribution < 1.29 is 32.7 Å². The molecule has 1 aliphatic carbocycles. The lowest BCUT2D eigenvalue weighted by Crippen LogP contribution is -2.52. The van der Waals surface area contributed by atoms with E-state index in [2.05, 4.69) is 29.2 Å². The molecule has 1 aromatic rings. The van der Waals surface area contributed by atoms with Crippen molar-refractivity contribution >= 4 is 33.0 Å². The summed E-state index contributed by atoms with van der Waals surface area (Å²) in [5.41, 5.74) is 3.09. The molecule has 1 saturated carbocycles. The molecule has 0 spiro atoms. The van der Waals surface area contributed by atoms with Gasteiger partial charge >= 0.3 is 0 Å². The summed E-state index contributed by atoms with van der Waals surface area (Å²) in [6, 6.07) is 1.85. The molecule has 11 heteroatoms. The second kappa shape index (κ2) is 10.9. The average molecular weight is 535 g/mol. The van der Waals surface area contributed by atoms with Gasteiger partial charge in [-0.05, 0) is 67.9 Å². The zero-order valence-electron chi connectivity index (χ0n) is 20.3. The van der Waals surface area contributed by atoms with E-state index in [0.717, 1.165) is 36.0 Å². The number of nitrogens with zero attached hydrogens (tertiary/aromatic N) is 1. The maximum atomic E-state index is 12.9. The number of thiophene rings is 1. The first-order valence-electron chi connectivity index (χ1n) is 11.9. The first-order valence-corrected chi connectivity index (χ1v) is 14.6. The third kappa shape index (κ3) is 5.93. The Balaban J connectivity index is 1.34. The highest BCUT2D eigenvalue weighted by atomic mass is 32.2. The van der Waals surface area contributed by atoms with Crippen molar-refractivity contribution in [2.75, 3.05) is 26.0 Å². The number of hydroxylamine groups is 1. The quantitative estimate of drug-likeness (QED) is 0.382. The number of nitrogens with one attached hydrogen (secondary N) is 1. The molecule has 1 saturated heterocycles. The number of hydrogen-bond donors (Lipinski definition) is 2. The van der Waals surface area contributed by atoms with Crippen molar-refractivity contribution in [2.24, 2.45) is 11.8 Å². The van der Waals surface area contributed by atoms with Crippen LogP contribution in [0.1, 0.15) is 59.1 Å². The summed E-state index contributed by atoms with van der Waals surface area (Å²) in [7, 11) is -3.82. The molecule has 3 heterocycles. The van der Waals surface area contributed by atoms with Gasteiger partial charge in [0.05, 0.1) is 9.75 Å². The van der Waals surface area contributed by atoms with Crippen LogP contribution in [0.3, 0.4) is 0 Å². The number of aliphatic hydroxyl groups excluding tert-OH is 1. The summed E-state index contributed by atoms with van der Waals surface area (Å²) in [6.45, 7) is 2.44. The minimum Gasteiger partial charge on any atom is -0.396 e. The first kappa shape index (κ1) is 26.6. The maximum absolute atomic E-state index is 12.9. The molecule has 0 radical (unpaired) electrons. The summed E-state index contributed by atoms with van der Waals surface area (Å²) in [5.74, 6) is 11.1. The molecule has 2 N–H and O–H groups in total. The summed E-state index contributed by atoms with van der Waals surface area (Å²) in [6.07, 6.45) is 3.67. The summed E-state index contributed by atoms with van der Waals surface area (Å²) < 4.78 is 28.8. The lowest BCUT2D eigenvalue weighted by molar-refractivity contribution is -0.201. The van der Waals surface area contributed by atoms with Crippen LogP contribution < -0.4 is 5.48 Å². The second-order valence-electron chi connectivity index (χ2n) is 9.59. The van der Waals surface area contributed by atoms with Gasteiger partial charge in [0.15, 0.2) is 20.9 Å². The van der Waals surface area contributed by atoms with Gasteiger partial charge in [0.2, 0.25) is 0 Å². The van der Waals surface area contributed by atoms with Gasteiger partial charge < -0.3 is 14.7 Å². The van der Waals surface area contributed by atoms with E-state index in [1.165, 1.54) is 18.3 Å². The summed E-state index contributed by atoms with van der Waals surface area (Å²) >= 11 is 1.28. The Kier molecular flexibility index (Phi) is 8.08. The number of carbonyl (C=O) groups is 2. The van der Waals surface area contributed by atoms with Gasteiger partial charge in [-0.1, -0.05) is 5.92 Å². The lowest BCUT2D eigenvalue weighted by Gasteiger charge is -2.29.